The van der Waals surface area contributed by atoms with E-state index in [1.165, 1.54) is 36.8 Å². The van der Waals surface area contributed by atoms with Gasteiger partial charge in [-0.3, -0.25) is 4.98 Å². The van der Waals surface area contributed by atoms with Crippen molar-refractivity contribution in [1.29, 1.82) is 0 Å². The summed E-state index contributed by atoms with van der Waals surface area (Å²) in [4.78, 5) is 4.14. The van der Waals surface area contributed by atoms with Crippen molar-refractivity contribution in [1.82, 2.24) is 10.3 Å². The lowest BCUT2D eigenvalue weighted by Crippen LogP contribution is -2.50. The average molecular weight is 246 g/mol. The molecule has 18 heavy (non-hydrogen) atoms. The van der Waals surface area contributed by atoms with Crippen molar-refractivity contribution in [3.8, 4) is 0 Å². The lowest BCUT2D eigenvalue weighted by molar-refractivity contribution is -0.135. The Bertz CT molecular complexity index is 415. The van der Waals surface area contributed by atoms with Gasteiger partial charge >= 0.3 is 0 Å². The highest BCUT2D eigenvalue weighted by atomic mass is 16.5. The van der Waals surface area contributed by atoms with E-state index in [1.54, 1.807) is 0 Å². The zero-order valence-corrected chi connectivity index (χ0v) is 11.1. The third kappa shape index (κ3) is 2.43. The molecular formula is C15H22N2O. The highest BCUT2D eigenvalue weighted by Crippen LogP contribution is 2.42. The first-order valence-corrected chi connectivity index (χ1v) is 7.04. The van der Waals surface area contributed by atoms with Crippen LogP contribution < -0.4 is 5.32 Å². The standard InChI is InChI=1S/C15H22N2O/c1-12-10-16-7-3-13(12)11-17-14-4-8-18-15(9-14)5-2-6-15/h3,7,10,14,17H,2,4-6,8-9,11H2,1H3. The van der Waals surface area contributed by atoms with Crippen LogP contribution >= 0.6 is 0 Å². The van der Waals surface area contributed by atoms with E-state index in [1.807, 2.05) is 12.4 Å². The first kappa shape index (κ1) is 12.1. The summed E-state index contributed by atoms with van der Waals surface area (Å²) in [6.07, 6.45) is 10.0. The monoisotopic (exact) mass is 246 g/mol. The van der Waals surface area contributed by atoms with E-state index in [0.29, 0.717) is 6.04 Å². The van der Waals surface area contributed by atoms with Crippen LogP contribution in [0.3, 0.4) is 0 Å². The zero-order chi connectivity index (χ0) is 12.4. The number of rotatable bonds is 3. The number of aryl methyl sites for hydroxylation is 1. The Balaban J connectivity index is 1.55. The summed E-state index contributed by atoms with van der Waals surface area (Å²) in [6.45, 7) is 4.00. The van der Waals surface area contributed by atoms with Crippen LogP contribution in [-0.4, -0.2) is 23.2 Å². The number of ether oxygens (including phenoxy) is 1. The van der Waals surface area contributed by atoms with Crippen molar-refractivity contribution in [2.75, 3.05) is 6.61 Å². The first-order valence-electron chi connectivity index (χ1n) is 7.04. The van der Waals surface area contributed by atoms with Gasteiger partial charge in [0.1, 0.15) is 0 Å². The Morgan fingerprint density at radius 1 is 1.50 bits per heavy atom. The third-order valence-corrected chi connectivity index (χ3v) is 4.48. The summed E-state index contributed by atoms with van der Waals surface area (Å²) in [5.41, 5.74) is 2.87. The fourth-order valence-corrected chi connectivity index (χ4v) is 3.08. The molecule has 2 fully saturated rings. The van der Waals surface area contributed by atoms with Gasteiger partial charge in [-0.1, -0.05) is 0 Å². The molecule has 3 heteroatoms. The predicted molar refractivity (Wildman–Crippen MR) is 71.4 cm³/mol. The Morgan fingerprint density at radius 3 is 3.11 bits per heavy atom. The minimum Gasteiger partial charge on any atom is -0.375 e. The third-order valence-electron chi connectivity index (χ3n) is 4.48. The van der Waals surface area contributed by atoms with Gasteiger partial charge in [-0.2, -0.15) is 0 Å². The molecule has 0 radical (unpaired) electrons. The van der Waals surface area contributed by atoms with Gasteiger partial charge in [0, 0.05) is 31.6 Å². The minimum absolute atomic E-state index is 0.239. The molecule has 0 amide bonds. The molecule has 3 nitrogen and oxygen atoms in total. The van der Waals surface area contributed by atoms with Crippen LogP contribution in [0.25, 0.3) is 0 Å². The van der Waals surface area contributed by atoms with E-state index in [4.69, 9.17) is 4.74 Å². The quantitative estimate of drug-likeness (QED) is 0.890. The van der Waals surface area contributed by atoms with Crippen LogP contribution in [0.1, 0.15) is 43.2 Å². The van der Waals surface area contributed by atoms with Gasteiger partial charge in [-0.25, -0.2) is 0 Å². The Kier molecular flexibility index (Phi) is 3.35. The molecule has 1 atom stereocenters. The molecule has 98 valence electrons. The van der Waals surface area contributed by atoms with Crippen LogP contribution in [0, 0.1) is 6.92 Å². The summed E-state index contributed by atoms with van der Waals surface area (Å²) in [5, 5.41) is 3.69. The van der Waals surface area contributed by atoms with Gasteiger partial charge in [0.05, 0.1) is 5.60 Å². The van der Waals surface area contributed by atoms with E-state index in [-0.39, 0.29) is 5.60 Å². The molecular weight excluding hydrogens is 224 g/mol. The SMILES string of the molecule is Cc1cnccc1CNC1CCOC2(CCC2)C1. The number of nitrogens with one attached hydrogen (secondary N) is 1. The van der Waals surface area contributed by atoms with E-state index in [2.05, 4.69) is 23.3 Å². The fraction of sp³-hybridized carbons (Fsp3) is 0.667. The smallest absolute Gasteiger partial charge is 0.0697 e. The number of pyridine rings is 1. The normalized spacial score (nSPS) is 25.9. The van der Waals surface area contributed by atoms with Crippen LogP contribution in [0.2, 0.25) is 0 Å². The van der Waals surface area contributed by atoms with Crippen LogP contribution in [0.4, 0.5) is 0 Å². The topological polar surface area (TPSA) is 34.2 Å². The molecule has 1 aliphatic carbocycles. The second-order valence-electron chi connectivity index (χ2n) is 5.76. The van der Waals surface area contributed by atoms with E-state index in [9.17, 15) is 0 Å². The van der Waals surface area contributed by atoms with Crippen LogP contribution in [-0.2, 0) is 11.3 Å². The first-order chi connectivity index (χ1) is 8.77. The van der Waals surface area contributed by atoms with Gasteiger partial charge in [0.25, 0.3) is 0 Å². The number of nitrogens with zero attached hydrogens (tertiary/aromatic N) is 1. The van der Waals surface area contributed by atoms with Crippen LogP contribution in [0.15, 0.2) is 18.5 Å². The zero-order valence-electron chi connectivity index (χ0n) is 11.1. The van der Waals surface area contributed by atoms with Crippen LogP contribution in [0.5, 0.6) is 0 Å². The Morgan fingerprint density at radius 2 is 2.39 bits per heavy atom. The molecule has 0 aromatic carbocycles. The molecule has 1 unspecified atom stereocenters. The maximum atomic E-state index is 5.96. The molecule has 1 aromatic heterocycles. The minimum atomic E-state index is 0.239. The molecule has 0 bridgehead atoms. The average Bonchev–Trinajstić information content (AvgIpc) is 2.36. The van der Waals surface area contributed by atoms with Gasteiger partial charge in [0.15, 0.2) is 0 Å². The van der Waals surface area contributed by atoms with Gasteiger partial charge in [0.2, 0.25) is 0 Å². The largest absolute Gasteiger partial charge is 0.375 e. The van der Waals surface area contributed by atoms with Crippen molar-refractivity contribution in [2.45, 2.75) is 57.2 Å². The maximum Gasteiger partial charge on any atom is 0.0697 e. The maximum absolute atomic E-state index is 5.96. The molecule has 1 saturated carbocycles. The van der Waals surface area contributed by atoms with Crippen molar-refractivity contribution in [3.63, 3.8) is 0 Å². The Hall–Kier alpha value is -0.930. The Labute approximate surface area is 109 Å². The number of hydrogen-bond acceptors (Lipinski definition) is 3. The molecule has 1 aliphatic heterocycles. The van der Waals surface area contributed by atoms with Gasteiger partial charge in [-0.05, 0) is 56.2 Å². The predicted octanol–water partition coefficient (Wildman–Crippen LogP) is 2.58. The molecule has 1 spiro atoms. The number of hydrogen-bond donors (Lipinski definition) is 1. The second kappa shape index (κ2) is 4.98. The van der Waals surface area contributed by atoms with E-state index < -0.39 is 0 Å². The molecule has 2 heterocycles. The summed E-state index contributed by atoms with van der Waals surface area (Å²) in [7, 11) is 0. The lowest BCUT2D eigenvalue weighted by Gasteiger charge is -2.47. The highest BCUT2D eigenvalue weighted by Gasteiger charge is 2.42. The summed E-state index contributed by atoms with van der Waals surface area (Å²) < 4.78 is 5.96. The molecule has 1 saturated heterocycles. The highest BCUT2D eigenvalue weighted by molar-refractivity contribution is 5.21. The summed E-state index contributed by atoms with van der Waals surface area (Å²) in [6, 6.07) is 2.73. The molecule has 2 aliphatic rings. The number of aromatic nitrogens is 1. The molecule has 1 N–H and O–H groups in total. The van der Waals surface area contributed by atoms with Gasteiger partial charge < -0.3 is 10.1 Å². The van der Waals surface area contributed by atoms with Crippen molar-refractivity contribution < 1.29 is 4.74 Å². The summed E-state index contributed by atoms with van der Waals surface area (Å²) >= 11 is 0. The van der Waals surface area contributed by atoms with Gasteiger partial charge in [-0.15, -0.1) is 0 Å². The van der Waals surface area contributed by atoms with Crippen molar-refractivity contribution in [2.24, 2.45) is 0 Å². The molecule has 1 aromatic rings. The second-order valence-corrected chi connectivity index (χ2v) is 5.76. The van der Waals surface area contributed by atoms with Crippen molar-refractivity contribution in [3.05, 3.63) is 29.6 Å². The fourth-order valence-electron chi connectivity index (χ4n) is 3.08. The molecule has 3 rings (SSSR count). The van der Waals surface area contributed by atoms with Crippen molar-refractivity contribution >= 4 is 0 Å². The van der Waals surface area contributed by atoms with E-state index in [0.717, 1.165) is 19.6 Å². The summed E-state index contributed by atoms with van der Waals surface area (Å²) in [5.74, 6) is 0. The van der Waals surface area contributed by atoms with E-state index >= 15 is 0 Å². The lowest BCUT2D eigenvalue weighted by atomic mass is 9.74.